The summed E-state index contributed by atoms with van der Waals surface area (Å²) in [5.41, 5.74) is 0. The van der Waals surface area contributed by atoms with Crippen LogP contribution in [0.4, 0.5) is 0 Å². The maximum Gasteiger partial charge on any atom is 0.148 e. The number of aliphatic hydroxyl groups excluding tert-OH is 1. The molecule has 0 amide bonds. The molecule has 1 saturated heterocycles. The van der Waals surface area contributed by atoms with Crippen molar-refractivity contribution >= 4 is 6.29 Å². The third-order valence-corrected chi connectivity index (χ3v) is 2.08. The standard InChI is InChI=1S/C8H14O3/c1-2-7(10)8-4-3-6(5-9)11-8/h5-8,10H,2-4H2,1H3/t6-,7+,8+/m0/s1. The van der Waals surface area contributed by atoms with Gasteiger partial charge in [0.25, 0.3) is 0 Å². The average Bonchev–Trinajstić information content (AvgIpc) is 2.50. The third kappa shape index (κ3) is 2.01. The van der Waals surface area contributed by atoms with E-state index in [0.29, 0.717) is 6.42 Å². The van der Waals surface area contributed by atoms with Gasteiger partial charge < -0.3 is 14.6 Å². The lowest BCUT2D eigenvalue weighted by Gasteiger charge is -2.15. The summed E-state index contributed by atoms with van der Waals surface area (Å²) in [6.45, 7) is 1.91. The number of aliphatic hydroxyl groups is 1. The minimum absolute atomic E-state index is 0.116. The van der Waals surface area contributed by atoms with E-state index >= 15 is 0 Å². The van der Waals surface area contributed by atoms with Crippen LogP contribution >= 0.6 is 0 Å². The second kappa shape index (κ2) is 3.83. The molecule has 0 unspecified atom stereocenters. The van der Waals surface area contributed by atoms with E-state index in [2.05, 4.69) is 0 Å². The lowest BCUT2D eigenvalue weighted by Crippen LogP contribution is -2.25. The summed E-state index contributed by atoms with van der Waals surface area (Å²) < 4.78 is 5.25. The predicted octanol–water partition coefficient (Wildman–Crippen LogP) is 0.504. The summed E-state index contributed by atoms with van der Waals surface area (Å²) in [7, 11) is 0. The topological polar surface area (TPSA) is 46.5 Å². The number of carbonyl (C=O) groups excluding carboxylic acids is 1. The van der Waals surface area contributed by atoms with E-state index in [1.165, 1.54) is 0 Å². The summed E-state index contributed by atoms with van der Waals surface area (Å²) in [4.78, 5) is 10.3. The molecular formula is C8H14O3. The minimum atomic E-state index is -0.403. The Balaban J connectivity index is 2.34. The molecule has 3 nitrogen and oxygen atoms in total. The van der Waals surface area contributed by atoms with E-state index in [1.54, 1.807) is 0 Å². The predicted molar refractivity (Wildman–Crippen MR) is 40.3 cm³/mol. The molecule has 0 aliphatic carbocycles. The number of carbonyl (C=O) groups is 1. The zero-order valence-electron chi connectivity index (χ0n) is 6.69. The molecule has 0 saturated carbocycles. The zero-order chi connectivity index (χ0) is 8.27. The highest BCUT2D eigenvalue weighted by Gasteiger charge is 2.29. The number of hydrogen-bond donors (Lipinski definition) is 1. The molecule has 0 radical (unpaired) electrons. The first kappa shape index (κ1) is 8.68. The smallest absolute Gasteiger partial charge is 0.148 e. The monoisotopic (exact) mass is 158 g/mol. The van der Waals surface area contributed by atoms with Crippen molar-refractivity contribution in [2.75, 3.05) is 0 Å². The Morgan fingerprint density at radius 1 is 1.73 bits per heavy atom. The normalized spacial score (nSPS) is 33.6. The van der Waals surface area contributed by atoms with E-state index in [4.69, 9.17) is 4.74 Å². The van der Waals surface area contributed by atoms with Gasteiger partial charge in [-0.1, -0.05) is 6.92 Å². The largest absolute Gasteiger partial charge is 0.390 e. The van der Waals surface area contributed by atoms with E-state index in [9.17, 15) is 9.90 Å². The highest BCUT2D eigenvalue weighted by molar-refractivity contribution is 5.56. The van der Waals surface area contributed by atoms with Crippen LogP contribution in [0.25, 0.3) is 0 Å². The third-order valence-electron chi connectivity index (χ3n) is 2.08. The summed E-state index contributed by atoms with van der Waals surface area (Å²) in [6.07, 6.45) is 2.26. The molecule has 1 aliphatic rings. The van der Waals surface area contributed by atoms with E-state index < -0.39 is 6.10 Å². The Morgan fingerprint density at radius 2 is 2.45 bits per heavy atom. The lowest BCUT2D eigenvalue weighted by molar-refractivity contribution is -0.120. The molecule has 0 spiro atoms. The second-order valence-electron chi connectivity index (χ2n) is 2.90. The highest BCUT2D eigenvalue weighted by atomic mass is 16.5. The number of rotatable bonds is 3. The molecule has 0 aromatic heterocycles. The molecule has 1 N–H and O–H groups in total. The molecule has 3 heteroatoms. The van der Waals surface area contributed by atoms with Crippen LogP contribution in [0, 0.1) is 0 Å². The average molecular weight is 158 g/mol. The van der Waals surface area contributed by atoms with Crippen LogP contribution in [0.3, 0.4) is 0 Å². The van der Waals surface area contributed by atoms with Gasteiger partial charge in [-0.05, 0) is 19.3 Å². The van der Waals surface area contributed by atoms with Gasteiger partial charge in [-0.2, -0.15) is 0 Å². The molecule has 64 valence electrons. The molecule has 0 bridgehead atoms. The van der Waals surface area contributed by atoms with Crippen LogP contribution in [0.15, 0.2) is 0 Å². The summed E-state index contributed by atoms with van der Waals surface area (Å²) >= 11 is 0. The Labute approximate surface area is 66.4 Å². The first-order chi connectivity index (χ1) is 5.27. The van der Waals surface area contributed by atoms with Gasteiger partial charge in [-0.15, -0.1) is 0 Å². The van der Waals surface area contributed by atoms with Gasteiger partial charge in [0.15, 0.2) is 0 Å². The summed E-state index contributed by atoms with van der Waals surface area (Å²) in [5, 5.41) is 9.33. The van der Waals surface area contributed by atoms with Gasteiger partial charge in [-0.3, -0.25) is 0 Å². The van der Waals surface area contributed by atoms with Gasteiger partial charge in [0.1, 0.15) is 12.4 Å². The van der Waals surface area contributed by atoms with Crippen molar-refractivity contribution in [1.29, 1.82) is 0 Å². The van der Waals surface area contributed by atoms with Crippen molar-refractivity contribution in [2.24, 2.45) is 0 Å². The molecule has 0 aromatic carbocycles. The van der Waals surface area contributed by atoms with Crippen LogP contribution in [-0.4, -0.2) is 29.7 Å². The van der Waals surface area contributed by atoms with Crippen LogP contribution in [0.1, 0.15) is 26.2 Å². The van der Waals surface area contributed by atoms with Crippen molar-refractivity contribution in [3.8, 4) is 0 Å². The maximum absolute atomic E-state index is 10.3. The number of hydrogen-bond acceptors (Lipinski definition) is 3. The minimum Gasteiger partial charge on any atom is -0.390 e. The zero-order valence-corrected chi connectivity index (χ0v) is 6.69. The molecule has 11 heavy (non-hydrogen) atoms. The first-order valence-electron chi connectivity index (χ1n) is 4.06. The maximum atomic E-state index is 10.3. The van der Waals surface area contributed by atoms with Crippen molar-refractivity contribution in [1.82, 2.24) is 0 Å². The molecule has 1 heterocycles. The van der Waals surface area contributed by atoms with Crippen molar-refractivity contribution in [2.45, 2.75) is 44.5 Å². The molecule has 0 aromatic rings. The SMILES string of the molecule is CC[C@@H](O)[C@H]1CC[C@@H](C=O)O1. The summed E-state index contributed by atoms with van der Waals surface area (Å²) in [6, 6.07) is 0. The number of aldehydes is 1. The quantitative estimate of drug-likeness (QED) is 0.608. The Bertz CT molecular complexity index is 135. The van der Waals surface area contributed by atoms with E-state index in [0.717, 1.165) is 19.1 Å². The molecular weight excluding hydrogens is 144 g/mol. The van der Waals surface area contributed by atoms with Gasteiger partial charge in [0.2, 0.25) is 0 Å². The van der Waals surface area contributed by atoms with Crippen molar-refractivity contribution in [3.05, 3.63) is 0 Å². The van der Waals surface area contributed by atoms with Gasteiger partial charge >= 0.3 is 0 Å². The van der Waals surface area contributed by atoms with Crippen LogP contribution in [0.5, 0.6) is 0 Å². The van der Waals surface area contributed by atoms with Crippen molar-refractivity contribution < 1.29 is 14.6 Å². The fourth-order valence-corrected chi connectivity index (χ4v) is 1.34. The first-order valence-corrected chi connectivity index (χ1v) is 4.06. The molecule has 1 fully saturated rings. The van der Waals surface area contributed by atoms with E-state index in [1.807, 2.05) is 6.92 Å². The number of ether oxygens (including phenoxy) is 1. The van der Waals surface area contributed by atoms with Gasteiger partial charge in [0, 0.05) is 0 Å². The molecule has 3 atom stereocenters. The van der Waals surface area contributed by atoms with Crippen LogP contribution in [0.2, 0.25) is 0 Å². The van der Waals surface area contributed by atoms with Crippen LogP contribution in [-0.2, 0) is 9.53 Å². The Morgan fingerprint density at radius 3 is 2.91 bits per heavy atom. The highest BCUT2D eigenvalue weighted by Crippen LogP contribution is 2.21. The van der Waals surface area contributed by atoms with E-state index in [-0.39, 0.29) is 12.2 Å². The van der Waals surface area contributed by atoms with Crippen LogP contribution < -0.4 is 0 Å². The molecule has 1 rings (SSSR count). The lowest BCUT2D eigenvalue weighted by atomic mass is 10.1. The van der Waals surface area contributed by atoms with Crippen molar-refractivity contribution in [3.63, 3.8) is 0 Å². The van der Waals surface area contributed by atoms with Gasteiger partial charge in [-0.25, -0.2) is 0 Å². The van der Waals surface area contributed by atoms with Gasteiger partial charge in [0.05, 0.1) is 12.2 Å². The molecule has 1 aliphatic heterocycles. The Hall–Kier alpha value is -0.410. The summed E-state index contributed by atoms with van der Waals surface area (Å²) in [5.74, 6) is 0. The second-order valence-corrected chi connectivity index (χ2v) is 2.90. The fourth-order valence-electron chi connectivity index (χ4n) is 1.34. The fraction of sp³-hybridized carbons (Fsp3) is 0.875. The Kier molecular flexibility index (Phi) is 3.02.